The van der Waals surface area contributed by atoms with Gasteiger partial charge in [0, 0.05) is 51.1 Å². The van der Waals surface area contributed by atoms with Gasteiger partial charge in [-0.3, -0.25) is 9.58 Å². The highest BCUT2D eigenvalue weighted by Gasteiger charge is 2.30. The number of piperazine rings is 1. The van der Waals surface area contributed by atoms with E-state index in [1.807, 2.05) is 24.0 Å². The lowest BCUT2D eigenvalue weighted by Gasteiger charge is -2.41. The normalized spacial score (nSPS) is 24.6. The summed E-state index contributed by atoms with van der Waals surface area (Å²) in [7, 11) is 1.45. The summed E-state index contributed by atoms with van der Waals surface area (Å²) < 4.78 is 17.0. The third-order valence-electron chi connectivity index (χ3n) is 8.18. The molecule has 210 valence electrons. The number of carbonyl (C=O) groups is 1. The minimum atomic E-state index is -0.224. The van der Waals surface area contributed by atoms with Gasteiger partial charge in [0.15, 0.2) is 4.83 Å². The molecule has 39 heavy (non-hydrogen) atoms. The molecule has 0 unspecified atom stereocenters. The molecular weight excluding hydrogens is 518 g/mol. The number of carbonyl (C=O) groups excluding carboxylic acids is 1. The zero-order valence-corrected chi connectivity index (χ0v) is 23.5. The van der Waals surface area contributed by atoms with E-state index in [4.69, 9.17) is 19.4 Å². The minimum Gasteiger partial charge on any atom is -0.453 e. The van der Waals surface area contributed by atoms with Crippen LogP contribution >= 0.6 is 11.5 Å². The largest absolute Gasteiger partial charge is 0.453 e. The van der Waals surface area contributed by atoms with Crippen LogP contribution in [0.1, 0.15) is 50.3 Å². The number of fused-ring (bicyclic) bond motifs is 1. The number of aromatic nitrogens is 5. The molecule has 1 amide bonds. The maximum absolute atomic E-state index is 11.8. The summed E-state index contributed by atoms with van der Waals surface area (Å²) in [5.41, 5.74) is 1.81. The van der Waals surface area contributed by atoms with E-state index < -0.39 is 0 Å². The number of hydrogen-bond donors (Lipinski definition) is 2. The summed E-state index contributed by atoms with van der Waals surface area (Å²) in [5.74, 6) is 1.39. The van der Waals surface area contributed by atoms with Gasteiger partial charge < -0.3 is 25.0 Å². The fourth-order valence-electron chi connectivity index (χ4n) is 5.99. The van der Waals surface area contributed by atoms with Crippen molar-refractivity contribution in [3.05, 3.63) is 18.1 Å². The molecule has 6 rings (SSSR count). The standard InChI is InChI=1S/C26H37N9O3S/c1-17-22-23(28-18-5-7-20(8-6-18)33-9-11-34(12-10-33)26(36)37-2)30-25(31-24(22)39-32-17)29-19-14-27-35(15-19)21-4-3-13-38-16-21/h14-15,18,20-21H,3-13,16H2,1-2H3,(H2,28,29,30,31)/t18-,20-,21-/m1/s1. The van der Waals surface area contributed by atoms with E-state index in [0.29, 0.717) is 24.6 Å². The van der Waals surface area contributed by atoms with Gasteiger partial charge in [0.2, 0.25) is 5.95 Å². The molecule has 0 bridgehead atoms. The Bertz CT molecular complexity index is 1270. The van der Waals surface area contributed by atoms with Crippen LogP contribution in [0.4, 0.5) is 22.2 Å². The monoisotopic (exact) mass is 555 g/mol. The van der Waals surface area contributed by atoms with Gasteiger partial charge in [0.05, 0.1) is 42.7 Å². The van der Waals surface area contributed by atoms with Crippen molar-refractivity contribution in [1.29, 1.82) is 0 Å². The molecule has 1 saturated carbocycles. The van der Waals surface area contributed by atoms with Crippen molar-refractivity contribution >= 4 is 45.3 Å². The molecule has 5 heterocycles. The third-order valence-corrected chi connectivity index (χ3v) is 9.01. The number of aryl methyl sites for hydroxylation is 1. The summed E-state index contributed by atoms with van der Waals surface area (Å²) in [6.45, 7) is 6.82. The van der Waals surface area contributed by atoms with Crippen LogP contribution in [0.15, 0.2) is 12.4 Å². The Kier molecular flexibility index (Phi) is 7.80. The number of anilines is 3. The Balaban J connectivity index is 1.09. The Morgan fingerprint density at radius 3 is 2.67 bits per heavy atom. The zero-order chi connectivity index (χ0) is 26.8. The van der Waals surface area contributed by atoms with Crippen molar-refractivity contribution in [1.82, 2.24) is 33.9 Å². The molecule has 12 nitrogen and oxygen atoms in total. The second-order valence-corrected chi connectivity index (χ2v) is 11.4. The highest BCUT2D eigenvalue weighted by Crippen LogP contribution is 2.32. The predicted molar refractivity (Wildman–Crippen MR) is 150 cm³/mol. The molecule has 3 aromatic rings. The van der Waals surface area contributed by atoms with Crippen LogP contribution in [-0.4, -0.2) is 98.6 Å². The van der Waals surface area contributed by atoms with Crippen LogP contribution in [0.3, 0.4) is 0 Å². The number of methoxy groups -OCH3 is 1. The summed E-state index contributed by atoms with van der Waals surface area (Å²) in [6.07, 6.45) is 10.1. The maximum atomic E-state index is 11.8. The van der Waals surface area contributed by atoms with Crippen LogP contribution < -0.4 is 10.6 Å². The third kappa shape index (κ3) is 5.80. The molecule has 0 aromatic carbocycles. The van der Waals surface area contributed by atoms with E-state index in [-0.39, 0.29) is 12.1 Å². The SMILES string of the molecule is COC(=O)N1CCN([C@H]2CC[C@H](Nc3nc(Nc4cnn([C@@H]5CCCOC5)c4)nc4snc(C)c34)CC2)CC1. The number of rotatable bonds is 6. The van der Waals surface area contributed by atoms with E-state index >= 15 is 0 Å². The lowest BCUT2D eigenvalue weighted by molar-refractivity contribution is 0.0549. The van der Waals surface area contributed by atoms with Crippen molar-refractivity contribution in [2.75, 3.05) is 57.1 Å². The van der Waals surface area contributed by atoms with Crippen LogP contribution in [0, 0.1) is 6.92 Å². The van der Waals surface area contributed by atoms with Crippen LogP contribution in [0.25, 0.3) is 10.2 Å². The van der Waals surface area contributed by atoms with Crippen LogP contribution in [0.2, 0.25) is 0 Å². The van der Waals surface area contributed by atoms with Crippen molar-refractivity contribution in [2.24, 2.45) is 0 Å². The number of amides is 1. The fourth-order valence-corrected chi connectivity index (χ4v) is 6.77. The number of nitrogens with zero attached hydrogens (tertiary/aromatic N) is 7. The fraction of sp³-hybridized carbons (Fsp3) is 0.654. The van der Waals surface area contributed by atoms with Crippen LogP contribution in [-0.2, 0) is 9.47 Å². The van der Waals surface area contributed by atoms with Crippen LogP contribution in [0.5, 0.6) is 0 Å². The molecule has 1 atom stereocenters. The zero-order valence-electron chi connectivity index (χ0n) is 22.6. The minimum absolute atomic E-state index is 0.224. The van der Waals surface area contributed by atoms with Gasteiger partial charge in [-0.25, -0.2) is 4.79 Å². The lowest BCUT2D eigenvalue weighted by Crippen LogP contribution is -2.53. The van der Waals surface area contributed by atoms with Crippen molar-refractivity contribution in [3.63, 3.8) is 0 Å². The van der Waals surface area contributed by atoms with Crippen molar-refractivity contribution < 1.29 is 14.3 Å². The summed E-state index contributed by atoms with van der Waals surface area (Å²) in [6, 6.07) is 1.17. The van der Waals surface area contributed by atoms with Gasteiger partial charge in [-0.2, -0.15) is 19.4 Å². The molecule has 2 aliphatic heterocycles. The van der Waals surface area contributed by atoms with Gasteiger partial charge >= 0.3 is 6.09 Å². The predicted octanol–water partition coefficient (Wildman–Crippen LogP) is 3.79. The molecule has 2 N–H and O–H groups in total. The number of ether oxygens (including phenoxy) is 2. The second-order valence-electron chi connectivity index (χ2n) is 10.7. The second kappa shape index (κ2) is 11.6. The molecule has 3 fully saturated rings. The van der Waals surface area contributed by atoms with Gasteiger partial charge in [0.25, 0.3) is 0 Å². The number of hydrogen-bond acceptors (Lipinski definition) is 11. The van der Waals surface area contributed by atoms with E-state index in [9.17, 15) is 4.79 Å². The average molecular weight is 556 g/mol. The molecule has 3 aromatic heterocycles. The first-order valence-corrected chi connectivity index (χ1v) is 14.7. The van der Waals surface area contributed by atoms with E-state index in [1.54, 1.807) is 4.90 Å². The molecule has 13 heteroatoms. The smallest absolute Gasteiger partial charge is 0.409 e. The quantitative estimate of drug-likeness (QED) is 0.464. The van der Waals surface area contributed by atoms with Gasteiger partial charge in [-0.15, -0.1) is 0 Å². The highest BCUT2D eigenvalue weighted by atomic mass is 32.1. The molecule has 0 spiro atoms. The summed E-state index contributed by atoms with van der Waals surface area (Å²) >= 11 is 1.40. The van der Waals surface area contributed by atoms with E-state index in [2.05, 4.69) is 25.0 Å². The first kappa shape index (κ1) is 26.2. The van der Waals surface area contributed by atoms with Gasteiger partial charge in [-0.1, -0.05) is 0 Å². The summed E-state index contributed by atoms with van der Waals surface area (Å²) in [4.78, 5) is 26.7. The molecule has 2 saturated heterocycles. The van der Waals surface area contributed by atoms with E-state index in [1.165, 1.54) is 18.6 Å². The average Bonchev–Trinajstić information content (AvgIpc) is 3.60. The molecule has 1 aliphatic carbocycles. The van der Waals surface area contributed by atoms with Crippen molar-refractivity contribution in [3.8, 4) is 0 Å². The lowest BCUT2D eigenvalue weighted by atomic mass is 9.89. The Morgan fingerprint density at radius 1 is 1.10 bits per heavy atom. The Morgan fingerprint density at radius 2 is 1.92 bits per heavy atom. The molecule has 3 aliphatic rings. The highest BCUT2D eigenvalue weighted by molar-refractivity contribution is 7.13. The van der Waals surface area contributed by atoms with Crippen molar-refractivity contribution in [2.45, 2.75) is 63.6 Å². The summed E-state index contributed by atoms with van der Waals surface area (Å²) in [5, 5.41) is 12.6. The number of nitrogens with one attached hydrogen (secondary N) is 2. The first-order valence-electron chi connectivity index (χ1n) is 13.9. The maximum Gasteiger partial charge on any atom is 0.409 e. The van der Waals surface area contributed by atoms with Gasteiger partial charge in [0.1, 0.15) is 5.82 Å². The Hall–Kier alpha value is -3.03. The van der Waals surface area contributed by atoms with E-state index in [0.717, 1.165) is 98.7 Å². The Labute approximate surface area is 232 Å². The van der Waals surface area contributed by atoms with Gasteiger partial charge in [-0.05, 0) is 57.0 Å². The first-order chi connectivity index (χ1) is 19.1. The topological polar surface area (TPSA) is 123 Å². The molecular formula is C26H37N9O3S. The molecule has 0 radical (unpaired) electrons.